The van der Waals surface area contributed by atoms with Gasteiger partial charge in [-0.2, -0.15) is 0 Å². The SMILES string of the molecule is Cc1ccc(NC(=O)c2sc(Nc3ccccc3)nc2C)c(Cl)c1. The monoisotopic (exact) mass is 357 g/mol. The summed E-state index contributed by atoms with van der Waals surface area (Å²) in [5.74, 6) is -0.211. The standard InChI is InChI=1S/C18H16ClN3OS/c1-11-8-9-15(14(19)10-11)22-17(23)16-12(2)20-18(24-16)21-13-6-4-3-5-7-13/h3-10H,1-2H3,(H,20,21)(H,22,23). The van der Waals surface area contributed by atoms with Gasteiger partial charge < -0.3 is 10.6 Å². The topological polar surface area (TPSA) is 54.0 Å². The quantitative estimate of drug-likeness (QED) is 0.656. The minimum absolute atomic E-state index is 0.211. The molecule has 6 heteroatoms. The molecule has 0 unspecified atom stereocenters. The summed E-state index contributed by atoms with van der Waals surface area (Å²) in [6, 6.07) is 15.2. The Morgan fingerprint density at radius 1 is 1.12 bits per heavy atom. The van der Waals surface area contributed by atoms with Gasteiger partial charge in [0.25, 0.3) is 5.91 Å². The number of rotatable bonds is 4. The van der Waals surface area contributed by atoms with Crippen LogP contribution in [0.5, 0.6) is 0 Å². The number of hydrogen-bond acceptors (Lipinski definition) is 4. The molecule has 0 bridgehead atoms. The van der Waals surface area contributed by atoms with Gasteiger partial charge in [0, 0.05) is 5.69 Å². The van der Waals surface area contributed by atoms with Crippen molar-refractivity contribution in [2.24, 2.45) is 0 Å². The van der Waals surface area contributed by atoms with Gasteiger partial charge in [0.1, 0.15) is 4.88 Å². The van der Waals surface area contributed by atoms with E-state index in [1.54, 1.807) is 6.07 Å². The molecule has 0 radical (unpaired) electrons. The molecule has 0 aliphatic rings. The Hall–Kier alpha value is -2.37. The van der Waals surface area contributed by atoms with Crippen LogP contribution in [0.1, 0.15) is 20.9 Å². The number of halogens is 1. The first kappa shape index (κ1) is 16.5. The van der Waals surface area contributed by atoms with Crippen LogP contribution in [0, 0.1) is 13.8 Å². The fourth-order valence-electron chi connectivity index (χ4n) is 2.21. The van der Waals surface area contributed by atoms with Crippen molar-refractivity contribution < 1.29 is 4.79 Å². The van der Waals surface area contributed by atoms with E-state index in [2.05, 4.69) is 15.6 Å². The van der Waals surface area contributed by atoms with Crippen molar-refractivity contribution in [2.75, 3.05) is 10.6 Å². The van der Waals surface area contributed by atoms with Crippen LogP contribution in [-0.4, -0.2) is 10.9 Å². The first-order chi connectivity index (χ1) is 11.5. The number of thiazole rings is 1. The van der Waals surface area contributed by atoms with E-state index in [9.17, 15) is 4.79 Å². The number of aromatic nitrogens is 1. The minimum Gasteiger partial charge on any atom is -0.332 e. The van der Waals surface area contributed by atoms with Gasteiger partial charge in [0.2, 0.25) is 0 Å². The lowest BCUT2D eigenvalue weighted by Gasteiger charge is -2.07. The molecule has 122 valence electrons. The fourth-order valence-corrected chi connectivity index (χ4v) is 3.37. The average molecular weight is 358 g/mol. The fraction of sp³-hybridized carbons (Fsp3) is 0.111. The van der Waals surface area contributed by atoms with Gasteiger partial charge in [-0.15, -0.1) is 0 Å². The maximum absolute atomic E-state index is 12.5. The van der Waals surface area contributed by atoms with E-state index < -0.39 is 0 Å². The van der Waals surface area contributed by atoms with Gasteiger partial charge in [0.05, 0.1) is 16.4 Å². The van der Waals surface area contributed by atoms with E-state index in [0.717, 1.165) is 11.3 Å². The van der Waals surface area contributed by atoms with Crippen molar-refractivity contribution in [3.8, 4) is 0 Å². The van der Waals surface area contributed by atoms with Crippen LogP contribution >= 0.6 is 22.9 Å². The summed E-state index contributed by atoms with van der Waals surface area (Å²) in [6.07, 6.45) is 0. The Kier molecular flexibility index (Phi) is 4.83. The molecule has 0 saturated carbocycles. The number of benzene rings is 2. The lowest BCUT2D eigenvalue weighted by molar-refractivity contribution is 0.103. The lowest BCUT2D eigenvalue weighted by Crippen LogP contribution is -2.11. The molecule has 4 nitrogen and oxygen atoms in total. The molecule has 3 aromatic rings. The van der Waals surface area contributed by atoms with Gasteiger partial charge in [-0.1, -0.05) is 47.2 Å². The maximum atomic E-state index is 12.5. The normalized spacial score (nSPS) is 10.5. The van der Waals surface area contributed by atoms with Crippen LogP contribution in [0.4, 0.5) is 16.5 Å². The molecule has 3 rings (SSSR count). The van der Waals surface area contributed by atoms with Gasteiger partial charge in [0.15, 0.2) is 5.13 Å². The largest absolute Gasteiger partial charge is 0.332 e. The highest BCUT2D eigenvalue weighted by Crippen LogP contribution is 2.28. The lowest BCUT2D eigenvalue weighted by atomic mass is 10.2. The number of aryl methyl sites for hydroxylation is 2. The van der Waals surface area contributed by atoms with Crippen molar-refractivity contribution in [3.63, 3.8) is 0 Å². The molecule has 0 atom stereocenters. The number of carbonyl (C=O) groups excluding carboxylic acids is 1. The molecule has 0 fully saturated rings. The summed E-state index contributed by atoms with van der Waals surface area (Å²) in [6.45, 7) is 3.77. The Morgan fingerprint density at radius 3 is 2.58 bits per heavy atom. The van der Waals surface area contributed by atoms with Gasteiger partial charge in [-0.3, -0.25) is 4.79 Å². The number of anilines is 3. The molecule has 0 aliphatic carbocycles. The van der Waals surface area contributed by atoms with Crippen molar-refractivity contribution >= 4 is 45.4 Å². The Balaban J connectivity index is 1.78. The number of nitrogens with one attached hydrogen (secondary N) is 2. The second-order valence-corrected chi connectivity index (χ2v) is 6.77. The van der Waals surface area contributed by atoms with Crippen LogP contribution in [0.25, 0.3) is 0 Å². The first-order valence-electron chi connectivity index (χ1n) is 7.40. The number of nitrogens with zero attached hydrogens (tertiary/aromatic N) is 1. The predicted molar refractivity (Wildman–Crippen MR) is 101 cm³/mol. The molecule has 0 aliphatic heterocycles. The molecular formula is C18H16ClN3OS. The average Bonchev–Trinajstić information content (AvgIpc) is 2.91. The molecular weight excluding hydrogens is 342 g/mol. The third-order valence-corrected chi connectivity index (χ3v) is 4.79. The van der Waals surface area contributed by atoms with E-state index in [1.165, 1.54) is 11.3 Å². The summed E-state index contributed by atoms with van der Waals surface area (Å²) in [7, 11) is 0. The summed E-state index contributed by atoms with van der Waals surface area (Å²) in [5, 5.41) is 7.25. The summed E-state index contributed by atoms with van der Waals surface area (Å²) in [5.41, 5.74) is 3.25. The zero-order chi connectivity index (χ0) is 17.1. The minimum atomic E-state index is -0.211. The third-order valence-electron chi connectivity index (χ3n) is 3.40. The number of amides is 1. The van der Waals surface area contributed by atoms with E-state index in [-0.39, 0.29) is 5.91 Å². The van der Waals surface area contributed by atoms with Gasteiger partial charge >= 0.3 is 0 Å². The summed E-state index contributed by atoms with van der Waals surface area (Å²) in [4.78, 5) is 17.5. The first-order valence-corrected chi connectivity index (χ1v) is 8.59. The zero-order valence-electron chi connectivity index (χ0n) is 13.3. The Bertz CT molecular complexity index is 877. The predicted octanol–water partition coefficient (Wildman–Crippen LogP) is 5.41. The van der Waals surface area contributed by atoms with Crippen LogP contribution < -0.4 is 10.6 Å². The molecule has 2 N–H and O–H groups in total. The van der Waals surface area contributed by atoms with Crippen LogP contribution in [0.2, 0.25) is 5.02 Å². The molecule has 2 aromatic carbocycles. The second kappa shape index (κ2) is 7.03. The van der Waals surface area contributed by atoms with Gasteiger partial charge in [-0.25, -0.2) is 4.98 Å². The van der Waals surface area contributed by atoms with Crippen molar-refractivity contribution in [1.29, 1.82) is 0 Å². The van der Waals surface area contributed by atoms with E-state index in [0.29, 0.717) is 26.4 Å². The molecule has 1 heterocycles. The van der Waals surface area contributed by atoms with Crippen molar-refractivity contribution in [3.05, 3.63) is 69.7 Å². The highest BCUT2D eigenvalue weighted by Gasteiger charge is 2.16. The van der Waals surface area contributed by atoms with Crippen molar-refractivity contribution in [2.45, 2.75) is 13.8 Å². The molecule has 24 heavy (non-hydrogen) atoms. The summed E-state index contributed by atoms with van der Waals surface area (Å²) >= 11 is 7.49. The van der Waals surface area contributed by atoms with E-state index in [4.69, 9.17) is 11.6 Å². The van der Waals surface area contributed by atoms with Crippen LogP contribution in [0.3, 0.4) is 0 Å². The summed E-state index contributed by atoms with van der Waals surface area (Å²) < 4.78 is 0. The molecule has 1 amide bonds. The van der Waals surface area contributed by atoms with Gasteiger partial charge in [-0.05, 0) is 43.7 Å². The van der Waals surface area contributed by atoms with E-state index >= 15 is 0 Å². The third kappa shape index (κ3) is 3.75. The highest BCUT2D eigenvalue weighted by molar-refractivity contribution is 7.17. The highest BCUT2D eigenvalue weighted by atomic mass is 35.5. The second-order valence-electron chi connectivity index (χ2n) is 5.36. The van der Waals surface area contributed by atoms with Crippen molar-refractivity contribution in [1.82, 2.24) is 4.98 Å². The number of para-hydroxylation sites is 1. The van der Waals surface area contributed by atoms with Crippen LogP contribution in [0.15, 0.2) is 48.5 Å². The molecule has 1 aromatic heterocycles. The molecule has 0 spiro atoms. The van der Waals surface area contributed by atoms with E-state index in [1.807, 2.05) is 56.3 Å². The number of hydrogen-bond donors (Lipinski definition) is 2. The Labute approximate surface area is 149 Å². The Morgan fingerprint density at radius 2 is 1.88 bits per heavy atom. The molecule has 0 saturated heterocycles. The maximum Gasteiger partial charge on any atom is 0.267 e. The smallest absolute Gasteiger partial charge is 0.267 e. The zero-order valence-corrected chi connectivity index (χ0v) is 14.8. The number of carbonyl (C=O) groups is 1. The van der Waals surface area contributed by atoms with Crippen LogP contribution in [-0.2, 0) is 0 Å².